The Morgan fingerprint density at radius 3 is 1.52 bits per heavy atom. The van der Waals surface area contributed by atoms with Gasteiger partial charge < -0.3 is 54.8 Å². The number of aromatic nitrogens is 4. The van der Waals surface area contributed by atoms with Gasteiger partial charge in [-0.3, -0.25) is 0 Å². The van der Waals surface area contributed by atoms with Gasteiger partial charge in [0.05, 0.1) is 12.5 Å². The van der Waals surface area contributed by atoms with Crippen molar-refractivity contribution in [2.75, 3.05) is 5.73 Å². The van der Waals surface area contributed by atoms with Crippen LogP contribution in [-0.4, -0.2) is 64.0 Å². The number of fused-ring (bicyclic) bond motifs is 1. The molecule has 0 atom stereocenters. The van der Waals surface area contributed by atoms with Crippen molar-refractivity contribution in [2.45, 2.75) is 0 Å². The van der Waals surface area contributed by atoms with Gasteiger partial charge in [-0.25, -0.2) is 23.7 Å². The third-order valence-electron chi connectivity index (χ3n) is 1.19. The van der Waals surface area contributed by atoms with Gasteiger partial charge in [-0.1, -0.05) is 0 Å². The molecule has 0 spiro atoms. The molecule has 0 aliphatic carbocycles. The molecule has 20 heteroatoms. The van der Waals surface area contributed by atoms with Crippen molar-refractivity contribution in [1.29, 1.82) is 0 Å². The van der Waals surface area contributed by atoms with Crippen LogP contribution in [0.5, 0.6) is 0 Å². The van der Waals surface area contributed by atoms with Gasteiger partial charge in [-0.05, 0) is 0 Å². The molecule has 0 saturated heterocycles. The maximum absolute atomic E-state index is 8.88. The van der Waals surface area contributed by atoms with Gasteiger partial charge in [0.25, 0.3) is 0 Å². The number of imidazole rings is 1. The minimum absolute atomic E-state index is 0.261. The van der Waals surface area contributed by atoms with Crippen molar-refractivity contribution < 1.29 is 57.7 Å². The first kappa shape index (κ1) is 25.9. The molecule has 2 rings (SSSR count). The Labute approximate surface area is 137 Å². The zero-order valence-corrected chi connectivity index (χ0v) is 14.3. The average molecular weight is 429 g/mol. The first-order valence-corrected chi connectivity index (χ1v) is 9.82. The molecule has 0 aliphatic heterocycles. The predicted octanol–water partition coefficient (Wildman–Crippen LogP) is -2.85. The van der Waals surface area contributed by atoms with Gasteiger partial charge in [0.2, 0.25) is 5.95 Å². The zero-order chi connectivity index (χ0) is 20.5. The summed E-state index contributed by atoms with van der Waals surface area (Å²) in [6, 6.07) is 0. The van der Waals surface area contributed by atoms with Crippen LogP contribution < -0.4 is 5.73 Å². The van der Waals surface area contributed by atoms with Crippen LogP contribution in [0.4, 0.5) is 5.95 Å². The second kappa shape index (κ2) is 10.6. The van der Waals surface area contributed by atoms with E-state index < -0.39 is 23.5 Å². The van der Waals surface area contributed by atoms with Gasteiger partial charge in [0.1, 0.15) is 5.52 Å². The summed E-state index contributed by atoms with van der Waals surface area (Å²) in [6.45, 7) is 0. The second-order valence-electron chi connectivity index (χ2n) is 3.40. The van der Waals surface area contributed by atoms with Crippen molar-refractivity contribution in [3.8, 4) is 0 Å². The summed E-state index contributed by atoms with van der Waals surface area (Å²) < 4.78 is 26.6. The molecule has 0 fully saturated rings. The molecule has 12 N–H and O–H groups in total. The number of nitrogen functional groups attached to an aromatic ring is 1. The molecule has 146 valence electrons. The van der Waals surface area contributed by atoms with Crippen molar-refractivity contribution in [1.82, 2.24) is 19.9 Å². The number of nitrogens with two attached hydrogens (primary N) is 1. The van der Waals surface area contributed by atoms with E-state index in [-0.39, 0.29) is 5.95 Å². The van der Waals surface area contributed by atoms with E-state index in [0.717, 1.165) is 5.52 Å². The molecule has 0 bridgehead atoms. The van der Waals surface area contributed by atoms with Crippen LogP contribution in [0.3, 0.4) is 0 Å². The monoisotopic (exact) mass is 429 g/mol. The van der Waals surface area contributed by atoms with Crippen LogP contribution in [0.2, 0.25) is 0 Å². The van der Waals surface area contributed by atoms with Gasteiger partial charge in [0.15, 0.2) is 5.65 Å². The number of aromatic amines is 1. The van der Waals surface area contributed by atoms with E-state index in [9.17, 15) is 0 Å². The molecule has 0 unspecified atom stereocenters. The van der Waals surface area contributed by atoms with Gasteiger partial charge >= 0.3 is 23.5 Å². The minimum atomic E-state index is -4.64. The van der Waals surface area contributed by atoms with E-state index in [0.29, 0.717) is 5.65 Å². The topological polar surface area (TPSA) is 314 Å². The fourth-order valence-electron chi connectivity index (χ4n) is 0.753. The Bertz CT molecular complexity index is 704. The van der Waals surface area contributed by atoms with E-state index in [4.69, 9.17) is 63.5 Å². The van der Waals surface area contributed by atoms with Gasteiger partial charge in [0, 0.05) is 0 Å². The minimum Gasteiger partial charge on any atom is -0.368 e. The smallest absolute Gasteiger partial charge is 0.368 e. The maximum Gasteiger partial charge on any atom is 0.466 e. The number of anilines is 1. The quantitative estimate of drug-likeness (QED) is 0.188. The number of rotatable bonds is 0. The van der Waals surface area contributed by atoms with E-state index in [1.54, 1.807) is 12.5 Å². The van der Waals surface area contributed by atoms with Gasteiger partial charge in [-0.15, -0.1) is 0 Å². The van der Waals surface area contributed by atoms with Crippen LogP contribution in [0.25, 0.3) is 11.2 Å². The highest BCUT2D eigenvalue weighted by Crippen LogP contribution is 2.26. The lowest BCUT2D eigenvalue weighted by molar-refractivity contribution is 0.272. The lowest BCUT2D eigenvalue weighted by atomic mass is 10.6. The molecule has 2 aromatic heterocycles. The third kappa shape index (κ3) is 31.0. The highest BCUT2D eigenvalue weighted by Gasteiger charge is 2.01. The summed E-state index contributed by atoms with van der Waals surface area (Å²) in [5.41, 5.74) is 6.72. The predicted molar refractivity (Wildman–Crippen MR) is 78.9 cm³/mol. The largest absolute Gasteiger partial charge is 0.466 e. The molecule has 2 heterocycles. The van der Waals surface area contributed by atoms with Crippen LogP contribution in [0, 0.1) is 0 Å². The Kier molecular flexibility index (Phi) is 11.0. The summed E-state index contributed by atoms with van der Waals surface area (Å²) in [5.74, 6) is 0.261. The van der Waals surface area contributed by atoms with E-state index >= 15 is 0 Å². The SMILES string of the molecule is Nc1ncc2nc[nH]c2n1.O=P(O)(O)O.O=P(O)(O)O.O=P(O)(O)O. The van der Waals surface area contributed by atoms with E-state index in [2.05, 4.69) is 19.9 Å². The molecule has 25 heavy (non-hydrogen) atoms. The fraction of sp³-hybridized carbons (Fsp3) is 0. The summed E-state index contributed by atoms with van der Waals surface area (Å²) in [6.07, 6.45) is 3.13. The summed E-state index contributed by atoms with van der Waals surface area (Å²) in [4.78, 5) is 79.1. The molecule has 0 aromatic carbocycles. The Balaban J connectivity index is 0. The molecule has 17 nitrogen and oxygen atoms in total. The number of H-pyrrole nitrogens is 1. The molecule has 2 aromatic rings. The van der Waals surface area contributed by atoms with Crippen molar-refractivity contribution in [3.05, 3.63) is 12.5 Å². The van der Waals surface area contributed by atoms with Crippen molar-refractivity contribution in [3.63, 3.8) is 0 Å². The summed E-state index contributed by atoms with van der Waals surface area (Å²) in [5, 5.41) is 0. The second-order valence-corrected chi connectivity index (χ2v) is 6.48. The number of hydrogen-bond acceptors (Lipinski definition) is 7. The normalized spacial score (nSPS) is 11.2. The zero-order valence-electron chi connectivity index (χ0n) is 11.7. The average Bonchev–Trinajstić information content (AvgIpc) is 2.68. The van der Waals surface area contributed by atoms with Crippen molar-refractivity contribution >= 4 is 40.6 Å². The van der Waals surface area contributed by atoms with E-state index in [1.807, 2.05) is 0 Å². The molecule has 0 aliphatic rings. The number of nitrogens with one attached hydrogen (secondary N) is 1. The van der Waals surface area contributed by atoms with Crippen LogP contribution in [0.15, 0.2) is 12.5 Å². The highest BCUT2D eigenvalue weighted by molar-refractivity contribution is 7.45. The molecule has 0 radical (unpaired) electrons. The lowest BCUT2D eigenvalue weighted by Crippen LogP contribution is -1.93. The number of phosphoric acid groups is 3. The molecule has 0 amide bonds. The van der Waals surface area contributed by atoms with Crippen LogP contribution in [0.1, 0.15) is 0 Å². The van der Waals surface area contributed by atoms with Crippen molar-refractivity contribution in [2.24, 2.45) is 0 Å². The first-order chi connectivity index (χ1) is 10.9. The first-order valence-electron chi connectivity index (χ1n) is 5.12. The standard InChI is InChI=1S/C5H5N5.3H3O4P/c6-5-7-1-3-4(10-5)9-2-8-3;3*1-5(2,3)4/h1-2H,(H3,6,7,8,9,10);3*(H3,1,2,3,4). The maximum atomic E-state index is 8.88. The number of hydrogen-bond donors (Lipinski definition) is 11. The lowest BCUT2D eigenvalue weighted by Gasteiger charge is -1.87. The Morgan fingerprint density at radius 2 is 1.16 bits per heavy atom. The number of nitrogens with zero attached hydrogens (tertiary/aromatic N) is 3. The molecule has 0 saturated carbocycles. The summed E-state index contributed by atoms with van der Waals surface area (Å²) >= 11 is 0. The van der Waals surface area contributed by atoms with Crippen LogP contribution in [-0.2, 0) is 13.7 Å². The highest BCUT2D eigenvalue weighted by atomic mass is 31.2. The fourth-order valence-corrected chi connectivity index (χ4v) is 0.753. The van der Waals surface area contributed by atoms with E-state index in [1.165, 1.54) is 0 Å². The van der Waals surface area contributed by atoms with Gasteiger partial charge in [-0.2, -0.15) is 4.98 Å². The Morgan fingerprint density at radius 1 is 0.800 bits per heavy atom. The Hall–Kier alpha value is -1.32. The molecular formula is C5H14N5O12P3. The third-order valence-corrected chi connectivity index (χ3v) is 1.19. The summed E-state index contributed by atoms with van der Waals surface area (Å²) in [7, 11) is -13.9. The molecular weight excluding hydrogens is 415 g/mol. The van der Waals surface area contributed by atoms with Crippen LogP contribution >= 0.6 is 23.5 Å².